The Morgan fingerprint density at radius 2 is 1.75 bits per heavy atom. The number of cyclic esters (lactones) is 2. The number of hydrogen-bond acceptors (Lipinski definition) is 5. The van der Waals surface area contributed by atoms with E-state index in [-0.39, 0.29) is 19.4 Å². The molecule has 0 bridgehead atoms. The van der Waals surface area contributed by atoms with E-state index in [0.717, 1.165) is 0 Å². The fourth-order valence-electron chi connectivity index (χ4n) is 0.545. The van der Waals surface area contributed by atoms with Crippen molar-refractivity contribution in [1.29, 1.82) is 0 Å². The number of aliphatic hydroxyl groups excluding tert-OH is 1. The van der Waals surface area contributed by atoms with Crippen LogP contribution >= 0.6 is 0 Å². The van der Waals surface area contributed by atoms with Crippen LogP contribution < -0.4 is 5.32 Å². The molecule has 2 N–H and O–H groups in total. The predicted octanol–water partition coefficient (Wildman–Crippen LogP) is 0.630. The van der Waals surface area contributed by atoms with E-state index in [1.54, 1.807) is 7.05 Å². The van der Waals surface area contributed by atoms with Crippen LogP contribution in [0.2, 0.25) is 0 Å². The van der Waals surface area contributed by atoms with Gasteiger partial charge in [0.15, 0.2) is 0 Å². The molecule has 1 saturated heterocycles. The molecule has 0 aromatic heterocycles. The first-order chi connectivity index (χ1) is 7.43. The van der Waals surface area contributed by atoms with Gasteiger partial charge in [-0.1, -0.05) is 5.57 Å². The minimum atomic E-state index is -0.398. The number of hydrogen-bond donors (Lipinski definition) is 2. The van der Waals surface area contributed by atoms with Gasteiger partial charge in [0, 0.05) is 6.54 Å². The highest BCUT2D eigenvalue weighted by Crippen LogP contribution is 2.03. The fraction of sp³-hybridized carbons (Fsp3) is 0.636. The molecule has 0 aromatic carbocycles. The lowest BCUT2D eigenvalue weighted by atomic mass is 10.4. The number of carbonyl (C=O) groups is 2. The summed E-state index contributed by atoms with van der Waals surface area (Å²) < 4.78 is 4.08. The molecule has 0 radical (unpaired) electrons. The first-order valence-corrected chi connectivity index (χ1v) is 5.05. The summed E-state index contributed by atoms with van der Waals surface area (Å²) in [6.07, 6.45) is 0.525. The Morgan fingerprint density at radius 1 is 1.38 bits per heavy atom. The van der Waals surface area contributed by atoms with Crippen molar-refractivity contribution in [1.82, 2.24) is 5.32 Å². The molecular formula is C11H21NO4. The van der Waals surface area contributed by atoms with Crippen LogP contribution in [-0.4, -0.2) is 37.2 Å². The minimum absolute atomic E-state index is 0.233. The van der Waals surface area contributed by atoms with Gasteiger partial charge < -0.3 is 15.2 Å². The van der Waals surface area contributed by atoms with Gasteiger partial charge in [0.05, 0.1) is 19.4 Å². The van der Waals surface area contributed by atoms with Crippen LogP contribution in [-0.2, 0) is 14.3 Å². The number of likely N-dealkylation sites (N-methyl/N-ethyl adjacent to an activating group) is 1. The van der Waals surface area contributed by atoms with Crippen molar-refractivity contribution in [2.45, 2.75) is 26.7 Å². The molecule has 0 atom stereocenters. The van der Waals surface area contributed by atoms with Crippen molar-refractivity contribution in [2.75, 3.05) is 20.2 Å². The highest BCUT2D eigenvalue weighted by molar-refractivity contribution is 5.92. The molecule has 1 rings (SSSR count). The van der Waals surface area contributed by atoms with Gasteiger partial charge in [0.1, 0.15) is 0 Å². The average molecular weight is 231 g/mol. The maximum absolute atomic E-state index is 10.0. The van der Waals surface area contributed by atoms with E-state index in [2.05, 4.69) is 16.6 Å². The molecule has 0 unspecified atom stereocenters. The molecule has 1 aliphatic heterocycles. The summed E-state index contributed by atoms with van der Waals surface area (Å²) in [5, 5.41) is 10.8. The van der Waals surface area contributed by atoms with Gasteiger partial charge >= 0.3 is 11.9 Å². The van der Waals surface area contributed by atoms with Gasteiger partial charge in [-0.25, -0.2) is 0 Å². The lowest BCUT2D eigenvalue weighted by molar-refractivity contribution is -0.151. The van der Waals surface area contributed by atoms with Crippen molar-refractivity contribution in [2.24, 2.45) is 0 Å². The van der Waals surface area contributed by atoms with E-state index < -0.39 is 11.9 Å². The van der Waals surface area contributed by atoms with Gasteiger partial charge in [-0.05, 0) is 20.9 Å². The molecule has 0 saturated carbocycles. The summed E-state index contributed by atoms with van der Waals surface area (Å²) >= 11 is 0. The monoisotopic (exact) mass is 231 g/mol. The fourth-order valence-corrected chi connectivity index (χ4v) is 0.545. The van der Waals surface area contributed by atoms with Crippen LogP contribution in [0.15, 0.2) is 12.2 Å². The second-order valence-corrected chi connectivity index (χ2v) is 3.38. The summed E-state index contributed by atoms with van der Waals surface area (Å²) in [4.78, 5) is 20.0. The van der Waals surface area contributed by atoms with E-state index in [0.29, 0.717) is 6.54 Å². The van der Waals surface area contributed by atoms with Gasteiger partial charge in [0.25, 0.3) is 0 Å². The molecule has 1 aliphatic rings. The normalized spacial score (nSPS) is 13.0. The van der Waals surface area contributed by atoms with Gasteiger partial charge in [-0.15, -0.1) is 6.58 Å². The maximum Gasteiger partial charge on any atom is 0.314 e. The lowest BCUT2D eigenvalue weighted by Gasteiger charge is -1.84. The molecule has 0 aliphatic carbocycles. The van der Waals surface area contributed by atoms with Crippen molar-refractivity contribution in [3.63, 3.8) is 0 Å². The maximum atomic E-state index is 10.0. The summed E-state index contributed by atoms with van der Waals surface area (Å²) in [7, 11) is 1.80. The van der Waals surface area contributed by atoms with E-state index in [4.69, 9.17) is 5.11 Å². The van der Waals surface area contributed by atoms with Crippen molar-refractivity contribution >= 4 is 11.9 Å². The zero-order valence-electron chi connectivity index (χ0n) is 10.2. The third-order valence-electron chi connectivity index (χ3n) is 1.12. The second-order valence-electron chi connectivity index (χ2n) is 3.38. The van der Waals surface area contributed by atoms with Crippen LogP contribution in [0.4, 0.5) is 0 Å². The van der Waals surface area contributed by atoms with E-state index >= 15 is 0 Å². The number of rotatable bonds is 2. The molecular weight excluding hydrogens is 210 g/mol. The standard InChI is InChI=1S/C4H4O3.C4H8.C3H9NO/c5-3-1-2-4(6)7-3;1-4(2)3;1-4-2-3-5/h1-2H2;1H2,2-3H3;4-5H,2-3H2,1H3. The zero-order chi connectivity index (χ0) is 13.0. The highest BCUT2D eigenvalue weighted by Gasteiger charge is 2.19. The molecule has 16 heavy (non-hydrogen) atoms. The first kappa shape index (κ1) is 17.2. The number of aliphatic hydroxyl groups is 1. The van der Waals surface area contributed by atoms with Crippen LogP contribution in [0.5, 0.6) is 0 Å². The molecule has 0 aromatic rings. The molecule has 5 heteroatoms. The number of esters is 2. The molecule has 1 heterocycles. The Hall–Kier alpha value is -1.20. The summed E-state index contributed by atoms with van der Waals surface area (Å²) in [5.74, 6) is -0.796. The average Bonchev–Trinajstić information content (AvgIpc) is 2.51. The predicted molar refractivity (Wildman–Crippen MR) is 61.8 cm³/mol. The lowest BCUT2D eigenvalue weighted by Crippen LogP contribution is -2.10. The molecule has 1 fully saturated rings. The van der Waals surface area contributed by atoms with Gasteiger partial charge in [0.2, 0.25) is 0 Å². The minimum Gasteiger partial charge on any atom is -0.395 e. The Bertz CT molecular complexity index is 206. The number of allylic oxidation sites excluding steroid dienone is 1. The Kier molecular flexibility index (Phi) is 12.8. The largest absolute Gasteiger partial charge is 0.395 e. The van der Waals surface area contributed by atoms with Crippen LogP contribution in [0.3, 0.4) is 0 Å². The molecule has 94 valence electrons. The smallest absolute Gasteiger partial charge is 0.314 e. The van der Waals surface area contributed by atoms with Crippen molar-refractivity contribution < 1.29 is 19.4 Å². The second kappa shape index (κ2) is 11.9. The number of nitrogens with one attached hydrogen (secondary N) is 1. The number of ether oxygens (including phenoxy) is 1. The topological polar surface area (TPSA) is 75.6 Å². The van der Waals surface area contributed by atoms with Gasteiger partial charge in [-0.3, -0.25) is 9.59 Å². The first-order valence-electron chi connectivity index (χ1n) is 5.05. The molecule has 5 nitrogen and oxygen atoms in total. The van der Waals surface area contributed by atoms with Gasteiger partial charge in [-0.2, -0.15) is 0 Å². The summed E-state index contributed by atoms with van der Waals surface area (Å²) in [6, 6.07) is 0. The van der Waals surface area contributed by atoms with Crippen LogP contribution in [0.25, 0.3) is 0 Å². The molecule has 0 spiro atoms. The zero-order valence-corrected chi connectivity index (χ0v) is 10.2. The Labute approximate surface area is 96.5 Å². The summed E-state index contributed by atoms with van der Waals surface area (Å²) in [5.41, 5.74) is 1.17. The Balaban J connectivity index is 0. The third kappa shape index (κ3) is 18.6. The number of carbonyl (C=O) groups excluding carboxylic acids is 2. The highest BCUT2D eigenvalue weighted by atomic mass is 16.6. The molecule has 0 amide bonds. The quantitative estimate of drug-likeness (QED) is 0.414. The van der Waals surface area contributed by atoms with Crippen LogP contribution in [0, 0.1) is 0 Å². The van der Waals surface area contributed by atoms with E-state index in [1.165, 1.54) is 5.57 Å². The van der Waals surface area contributed by atoms with Crippen LogP contribution in [0.1, 0.15) is 26.7 Å². The van der Waals surface area contributed by atoms with Crippen molar-refractivity contribution in [3.05, 3.63) is 12.2 Å². The van der Waals surface area contributed by atoms with E-state index in [9.17, 15) is 9.59 Å². The third-order valence-corrected chi connectivity index (χ3v) is 1.12. The van der Waals surface area contributed by atoms with E-state index in [1.807, 2.05) is 13.8 Å². The summed E-state index contributed by atoms with van der Waals surface area (Å²) in [6.45, 7) is 8.43. The van der Waals surface area contributed by atoms with Crippen molar-refractivity contribution in [3.8, 4) is 0 Å². The Morgan fingerprint density at radius 3 is 1.81 bits per heavy atom. The SMILES string of the molecule is C=C(C)C.CNCCO.O=C1CCC(=O)O1.